The molecule has 2 rings (SSSR count). The lowest BCUT2D eigenvalue weighted by molar-refractivity contribution is -0.142. The first-order valence-corrected chi connectivity index (χ1v) is 8.32. The molecule has 2 heteroatoms. The van der Waals surface area contributed by atoms with Gasteiger partial charge in [0.1, 0.15) is 0 Å². The fraction of sp³-hybridized carbons (Fsp3) is 0.409. The molecule has 0 aliphatic rings. The van der Waals surface area contributed by atoms with Crippen LogP contribution < -0.4 is 0 Å². The summed E-state index contributed by atoms with van der Waals surface area (Å²) in [6, 6.07) is 16.3. The largest absolute Gasteiger partial charge is 0.481 e. The van der Waals surface area contributed by atoms with Gasteiger partial charge in [0.2, 0.25) is 0 Å². The number of carboxylic acids is 1. The summed E-state index contributed by atoms with van der Waals surface area (Å²) in [6.45, 7) is 14.2. The average molecular weight is 326 g/mol. The molecule has 0 heterocycles. The van der Waals surface area contributed by atoms with E-state index < -0.39 is 11.4 Å². The van der Waals surface area contributed by atoms with Gasteiger partial charge in [-0.05, 0) is 44.2 Å². The Morgan fingerprint density at radius 1 is 0.708 bits per heavy atom. The number of aliphatic carboxylic acids is 1. The Labute approximate surface area is 146 Å². The van der Waals surface area contributed by atoms with E-state index in [-0.39, 0.29) is 5.41 Å². The first-order chi connectivity index (χ1) is 10.9. The van der Waals surface area contributed by atoms with Gasteiger partial charge < -0.3 is 5.11 Å². The van der Waals surface area contributed by atoms with E-state index in [1.807, 2.05) is 31.2 Å². The molecule has 0 saturated carbocycles. The Hall–Kier alpha value is -2.09. The summed E-state index contributed by atoms with van der Waals surface area (Å²) in [7, 11) is 0. The second-order valence-corrected chi connectivity index (χ2v) is 7.91. The second kappa shape index (κ2) is 7.65. The molecule has 0 unspecified atom stereocenters. The van der Waals surface area contributed by atoms with Crippen molar-refractivity contribution in [1.29, 1.82) is 0 Å². The highest BCUT2D eigenvalue weighted by Crippen LogP contribution is 2.23. The first-order valence-electron chi connectivity index (χ1n) is 8.32. The molecule has 0 bridgehead atoms. The summed E-state index contributed by atoms with van der Waals surface area (Å²) in [6.07, 6.45) is 0. The summed E-state index contributed by atoms with van der Waals surface area (Å²) < 4.78 is 0. The van der Waals surface area contributed by atoms with Crippen molar-refractivity contribution in [1.82, 2.24) is 0 Å². The first kappa shape index (κ1) is 20.0. The molecule has 130 valence electrons. The van der Waals surface area contributed by atoms with Gasteiger partial charge in [0.25, 0.3) is 0 Å². The summed E-state index contributed by atoms with van der Waals surface area (Å²) in [4.78, 5) is 10.9. The lowest BCUT2D eigenvalue weighted by atomic mass is 9.84. The van der Waals surface area contributed by atoms with Crippen molar-refractivity contribution in [3.63, 3.8) is 0 Å². The van der Waals surface area contributed by atoms with Gasteiger partial charge in [-0.1, -0.05) is 80.4 Å². The summed E-state index contributed by atoms with van der Waals surface area (Å²) in [5.41, 5.74) is 4.21. The molecule has 0 aromatic heterocycles. The molecule has 2 nitrogen and oxygen atoms in total. The van der Waals surface area contributed by atoms with Crippen LogP contribution in [0.4, 0.5) is 0 Å². The van der Waals surface area contributed by atoms with Crippen LogP contribution in [0.2, 0.25) is 0 Å². The van der Waals surface area contributed by atoms with Crippen LogP contribution in [0.15, 0.2) is 48.5 Å². The molecule has 2 aromatic carbocycles. The van der Waals surface area contributed by atoms with E-state index in [9.17, 15) is 4.79 Å². The molecule has 0 radical (unpaired) electrons. The van der Waals surface area contributed by atoms with Gasteiger partial charge >= 0.3 is 5.97 Å². The van der Waals surface area contributed by atoms with Crippen LogP contribution in [0.5, 0.6) is 0 Å². The van der Waals surface area contributed by atoms with E-state index in [1.54, 1.807) is 13.8 Å². The summed E-state index contributed by atoms with van der Waals surface area (Å²) >= 11 is 0. The minimum absolute atomic E-state index is 0.285. The maximum atomic E-state index is 10.9. The molecule has 0 atom stereocenters. The number of aryl methyl sites for hydroxylation is 2. The molecule has 0 spiro atoms. The molecule has 24 heavy (non-hydrogen) atoms. The Bertz CT molecular complexity index is 657. The summed E-state index contributed by atoms with van der Waals surface area (Å²) in [5.74, 6) is -0.795. The minimum atomic E-state index is -0.798. The van der Waals surface area contributed by atoms with Crippen molar-refractivity contribution in [2.75, 3.05) is 0 Å². The molecule has 0 saturated heterocycles. The van der Waals surface area contributed by atoms with E-state index >= 15 is 0 Å². The van der Waals surface area contributed by atoms with Gasteiger partial charge in [-0.15, -0.1) is 0 Å². The molecule has 0 aliphatic carbocycles. The zero-order valence-corrected chi connectivity index (χ0v) is 16.0. The average Bonchev–Trinajstić information content (AvgIpc) is 2.47. The SMILES string of the molecule is Cc1ccc(C(C)(C)C(=O)O)cc1.Cc1ccc(C(C)(C)C)cc1. The van der Waals surface area contributed by atoms with Crippen LogP contribution in [0.1, 0.15) is 56.9 Å². The van der Waals surface area contributed by atoms with Crippen LogP contribution >= 0.6 is 0 Å². The predicted octanol–water partition coefficient (Wildman–Crippen LogP) is 5.65. The van der Waals surface area contributed by atoms with Crippen LogP contribution in [0.25, 0.3) is 0 Å². The highest BCUT2D eigenvalue weighted by molar-refractivity contribution is 5.80. The van der Waals surface area contributed by atoms with E-state index in [2.05, 4.69) is 52.0 Å². The van der Waals surface area contributed by atoms with E-state index in [0.29, 0.717) is 0 Å². The lowest BCUT2D eigenvalue weighted by Gasteiger charge is -2.19. The zero-order valence-electron chi connectivity index (χ0n) is 16.0. The zero-order chi connectivity index (χ0) is 18.5. The van der Waals surface area contributed by atoms with Crippen LogP contribution in [0.3, 0.4) is 0 Å². The number of carbonyl (C=O) groups is 1. The Morgan fingerprint density at radius 2 is 1.04 bits per heavy atom. The number of rotatable bonds is 2. The van der Waals surface area contributed by atoms with Crippen molar-refractivity contribution in [2.45, 2.75) is 59.3 Å². The predicted molar refractivity (Wildman–Crippen MR) is 102 cm³/mol. The topological polar surface area (TPSA) is 37.3 Å². The van der Waals surface area contributed by atoms with Crippen molar-refractivity contribution in [2.24, 2.45) is 0 Å². The van der Waals surface area contributed by atoms with Gasteiger partial charge in [0, 0.05) is 0 Å². The molecule has 1 N–H and O–H groups in total. The van der Waals surface area contributed by atoms with Gasteiger partial charge in [-0.3, -0.25) is 4.79 Å². The van der Waals surface area contributed by atoms with Gasteiger partial charge in [0.05, 0.1) is 5.41 Å². The maximum absolute atomic E-state index is 10.9. The maximum Gasteiger partial charge on any atom is 0.313 e. The van der Waals surface area contributed by atoms with Crippen molar-refractivity contribution < 1.29 is 9.90 Å². The van der Waals surface area contributed by atoms with Gasteiger partial charge in [-0.2, -0.15) is 0 Å². The third kappa shape index (κ3) is 5.52. The number of carboxylic acid groups (broad SMARTS) is 1. The fourth-order valence-electron chi connectivity index (χ4n) is 2.15. The molecule has 0 amide bonds. The van der Waals surface area contributed by atoms with Crippen LogP contribution in [-0.2, 0) is 15.6 Å². The smallest absolute Gasteiger partial charge is 0.313 e. The monoisotopic (exact) mass is 326 g/mol. The Morgan fingerprint density at radius 3 is 1.33 bits per heavy atom. The summed E-state index contributed by atoms with van der Waals surface area (Å²) in [5, 5.41) is 8.96. The second-order valence-electron chi connectivity index (χ2n) is 7.91. The number of hydrogen-bond donors (Lipinski definition) is 1. The minimum Gasteiger partial charge on any atom is -0.481 e. The Kier molecular flexibility index (Phi) is 6.36. The van der Waals surface area contributed by atoms with Crippen molar-refractivity contribution in [3.8, 4) is 0 Å². The normalized spacial score (nSPS) is 11.5. The highest BCUT2D eigenvalue weighted by Gasteiger charge is 2.28. The number of benzene rings is 2. The third-order valence-corrected chi connectivity index (χ3v) is 4.23. The van der Waals surface area contributed by atoms with Crippen LogP contribution in [0, 0.1) is 13.8 Å². The van der Waals surface area contributed by atoms with Crippen LogP contribution in [-0.4, -0.2) is 11.1 Å². The molecule has 0 aliphatic heterocycles. The Balaban J connectivity index is 0.000000243. The highest BCUT2D eigenvalue weighted by atomic mass is 16.4. The third-order valence-electron chi connectivity index (χ3n) is 4.23. The standard InChI is InChI=1S/C11H14O2.C11H16/c1-8-4-6-9(7-5-8)11(2,3)10(12)13;1-9-5-7-10(8-6-9)11(2,3)4/h4-7H,1-3H3,(H,12,13);5-8H,1-4H3. The fourth-order valence-corrected chi connectivity index (χ4v) is 2.15. The molecular weight excluding hydrogens is 296 g/mol. The van der Waals surface area contributed by atoms with Gasteiger partial charge in [-0.25, -0.2) is 0 Å². The molecule has 2 aromatic rings. The lowest BCUT2D eigenvalue weighted by Crippen LogP contribution is -2.28. The van der Waals surface area contributed by atoms with Crippen molar-refractivity contribution >= 4 is 5.97 Å². The number of hydrogen-bond acceptors (Lipinski definition) is 1. The molecular formula is C22H30O2. The molecule has 0 fully saturated rings. The van der Waals surface area contributed by atoms with E-state index in [4.69, 9.17) is 5.11 Å². The van der Waals surface area contributed by atoms with Gasteiger partial charge in [0.15, 0.2) is 0 Å². The van der Waals surface area contributed by atoms with Crippen molar-refractivity contribution in [3.05, 3.63) is 70.8 Å². The quantitative estimate of drug-likeness (QED) is 0.774. The van der Waals surface area contributed by atoms with E-state index in [1.165, 1.54) is 11.1 Å². The van der Waals surface area contributed by atoms with E-state index in [0.717, 1.165) is 11.1 Å².